The highest BCUT2D eigenvalue weighted by Gasteiger charge is 2.28. The van der Waals surface area contributed by atoms with E-state index in [0.29, 0.717) is 49.2 Å². The van der Waals surface area contributed by atoms with Crippen molar-refractivity contribution in [2.75, 3.05) is 41.6 Å². The average molecular weight is 492 g/mol. The number of amides is 1. The van der Waals surface area contributed by atoms with Crippen molar-refractivity contribution in [2.45, 2.75) is 31.8 Å². The average Bonchev–Trinajstić information content (AvgIpc) is 3.64. The van der Waals surface area contributed by atoms with E-state index in [-0.39, 0.29) is 18.1 Å². The number of aliphatic hydroxyl groups excluding tert-OH is 1. The van der Waals surface area contributed by atoms with Crippen LogP contribution < -0.4 is 9.62 Å². The summed E-state index contributed by atoms with van der Waals surface area (Å²) >= 11 is 5.89. The van der Waals surface area contributed by atoms with E-state index in [1.54, 1.807) is 35.2 Å². The van der Waals surface area contributed by atoms with Crippen LogP contribution in [0.4, 0.5) is 11.4 Å². The number of aliphatic hydroxyl groups is 1. The van der Waals surface area contributed by atoms with Gasteiger partial charge in [0.15, 0.2) is 0 Å². The first-order valence-electron chi connectivity index (χ1n) is 11.4. The molecule has 9 heteroatoms. The van der Waals surface area contributed by atoms with E-state index in [1.165, 1.54) is 0 Å². The number of nitrogens with zero attached hydrogens (tertiary/aromatic N) is 2. The molecule has 0 unspecified atom stereocenters. The number of sulfonamides is 1. The van der Waals surface area contributed by atoms with Crippen LogP contribution in [0.3, 0.4) is 0 Å². The van der Waals surface area contributed by atoms with Crippen LogP contribution in [0, 0.1) is 5.92 Å². The van der Waals surface area contributed by atoms with Crippen LogP contribution in [-0.2, 0) is 21.2 Å². The fourth-order valence-corrected chi connectivity index (χ4v) is 5.47. The summed E-state index contributed by atoms with van der Waals surface area (Å²) in [7, 11) is -3.40. The van der Waals surface area contributed by atoms with Gasteiger partial charge in [-0.2, -0.15) is 0 Å². The Morgan fingerprint density at radius 1 is 1.06 bits per heavy atom. The highest BCUT2D eigenvalue weighted by Crippen LogP contribution is 2.33. The summed E-state index contributed by atoms with van der Waals surface area (Å²) in [6, 6.07) is 14.5. The highest BCUT2D eigenvalue weighted by molar-refractivity contribution is 7.92. The van der Waals surface area contributed by atoms with Crippen molar-refractivity contribution in [3.05, 3.63) is 59.1 Å². The zero-order valence-electron chi connectivity index (χ0n) is 18.5. The van der Waals surface area contributed by atoms with Gasteiger partial charge in [-0.1, -0.05) is 48.7 Å². The molecule has 2 aromatic carbocycles. The van der Waals surface area contributed by atoms with Gasteiger partial charge in [0.1, 0.15) is 6.10 Å². The molecule has 7 nitrogen and oxygen atoms in total. The number of piperazine rings is 1. The number of rotatable bonds is 9. The lowest BCUT2D eigenvalue weighted by Gasteiger charge is -2.37. The molecule has 178 valence electrons. The summed E-state index contributed by atoms with van der Waals surface area (Å²) < 4.78 is 27.8. The molecule has 33 heavy (non-hydrogen) atoms. The minimum atomic E-state index is -3.40. The third kappa shape index (κ3) is 6.62. The molecule has 0 aromatic heterocycles. The van der Waals surface area contributed by atoms with Gasteiger partial charge in [0.05, 0.1) is 17.1 Å². The van der Waals surface area contributed by atoms with Gasteiger partial charge in [-0.05, 0) is 42.2 Å². The Morgan fingerprint density at radius 3 is 2.39 bits per heavy atom. The maximum absolute atomic E-state index is 12.7. The number of hydrogen-bond acceptors (Lipinski definition) is 5. The molecule has 1 atom stereocenters. The Labute approximate surface area is 200 Å². The minimum Gasteiger partial charge on any atom is -0.383 e. The molecular formula is C24H30ClN3O4S. The Morgan fingerprint density at radius 2 is 1.73 bits per heavy atom. The Hall–Kier alpha value is -2.29. The summed E-state index contributed by atoms with van der Waals surface area (Å²) in [5.41, 5.74) is 2.22. The largest absolute Gasteiger partial charge is 0.383 e. The molecule has 2 N–H and O–H groups in total. The van der Waals surface area contributed by atoms with Gasteiger partial charge in [-0.25, -0.2) is 8.42 Å². The number of para-hydroxylation sites is 2. The summed E-state index contributed by atoms with van der Waals surface area (Å²) in [5.74, 6) is 0.399. The van der Waals surface area contributed by atoms with E-state index in [1.807, 2.05) is 18.2 Å². The van der Waals surface area contributed by atoms with Crippen LogP contribution >= 0.6 is 11.6 Å². The fourth-order valence-electron chi connectivity index (χ4n) is 4.09. The first kappa shape index (κ1) is 23.9. The maximum atomic E-state index is 12.7. The smallest absolute Gasteiger partial charge is 0.251 e. The first-order valence-corrected chi connectivity index (χ1v) is 13.4. The van der Waals surface area contributed by atoms with E-state index in [2.05, 4.69) is 9.62 Å². The lowest BCUT2D eigenvalue weighted by molar-refractivity contribution is -0.140. The number of nitrogens with one attached hydrogen (secondary N) is 1. The molecule has 4 rings (SSSR count). The normalized spacial score (nSPS) is 17.6. The second-order valence-corrected chi connectivity index (χ2v) is 11.1. The van der Waals surface area contributed by atoms with E-state index >= 15 is 0 Å². The quantitative estimate of drug-likeness (QED) is 0.562. The molecule has 2 aliphatic rings. The molecule has 1 aliphatic carbocycles. The first-order chi connectivity index (χ1) is 15.8. The number of benzene rings is 2. The maximum Gasteiger partial charge on any atom is 0.251 e. The second kappa shape index (κ2) is 10.3. The lowest BCUT2D eigenvalue weighted by Crippen LogP contribution is -2.52. The SMILES string of the molecule is O=C([C@@H](O)Cc1ccc(Cl)cc1)N1CCN(c2ccccc2NS(=O)(=O)CCC2CC2)CC1. The van der Waals surface area contributed by atoms with Crippen LogP contribution in [0.15, 0.2) is 48.5 Å². The van der Waals surface area contributed by atoms with Crippen LogP contribution in [0.25, 0.3) is 0 Å². The van der Waals surface area contributed by atoms with E-state index in [0.717, 1.165) is 24.1 Å². The van der Waals surface area contributed by atoms with Crippen LogP contribution in [0.2, 0.25) is 5.02 Å². The van der Waals surface area contributed by atoms with Crippen molar-refractivity contribution in [2.24, 2.45) is 5.92 Å². The molecule has 2 fully saturated rings. The fraction of sp³-hybridized carbons (Fsp3) is 0.458. The van der Waals surface area contributed by atoms with Gasteiger partial charge in [0.2, 0.25) is 10.0 Å². The van der Waals surface area contributed by atoms with Crippen LogP contribution in [-0.4, -0.2) is 62.4 Å². The lowest BCUT2D eigenvalue weighted by atomic mass is 10.1. The summed E-state index contributed by atoms with van der Waals surface area (Å²) in [4.78, 5) is 16.5. The van der Waals surface area contributed by atoms with Gasteiger partial charge in [0, 0.05) is 37.6 Å². The molecule has 0 spiro atoms. The number of anilines is 2. The minimum absolute atomic E-state index is 0.139. The standard InChI is InChI=1S/C24H30ClN3O4S/c25-20-9-7-19(8-10-20)17-23(29)24(30)28-14-12-27(13-15-28)22-4-2-1-3-21(22)26-33(31,32)16-11-18-5-6-18/h1-4,7-10,18,23,26,29H,5-6,11-17H2/t23-/m0/s1. The van der Waals surface area contributed by atoms with Crippen molar-refractivity contribution >= 4 is 38.9 Å². The predicted octanol–water partition coefficient (Wildman–Crippen LogP) is 3.13. The second-order valence-electron chi connectivity index (χ2n) is 8.83. The molecule has 1 saturated heterocycles. The number of hydrogen-bond donors (Lipinski definition) is 2. The molecule has 1 amide bonds. The number of carbonyl (C=O) groups is 1. The van der Waals surface area contributed by atoms with Crippen molar-refractivity contribution in [3.63, 3.8) is 0 Å². The van der Waals surface area contributed by atoms with E-state index in [4.69, 9.17) is 11.6 Å². The van der Waals surface area contributed by atoms with E-state index < -0.39 is 16.1 Å². The molecule has 1 aliphatic heterocycles. The highest BCUT2D eigenvalue weighted by atomic mass is 35.5. The molecule has 1 heterocycles. The predicted molar refractivity (Wildman–Crippen MR) is 131 cm³/mol. The monoisotopic (exact) mass is 491 g/mol. The molecule has 0 bridgehead atoms. The Bertz CT molecular complexity index is 1070. The van der Waals surface area contributed by atoms with Crippen molar-refractivity contribution in [3.8, 4) is 0 Å². The van der Waals surface area contributed by atoms with Gasteiger partial charge >= 0.3 is 0 Å². The Balaban J connectivity index is 1.33. The van der Waals surface area contributed by atoms with Crippen molar-refractivity contribution in [1.29, 1.82) is 0 Å². The Kier molecular flexibility index (Phi) is 7.46. The van der Waals surface area contributed by atoms with Gasteiger partial charge in [0.25, 0.3) is 5.91 Å². The zero-order chi connectivity index (χ0) is 23.4. The number of carbonyl (C=O) groups excluding carboxylic acids is 1. The molecule has 2 aromatic rings. The van der Waals surface area contributed by atoms with Gasteiger partial charge < -0.3 is 14.9 Å². The third-order valence-corrected chi connectivity index (χ3v) is 7.78. The summed E-state index contributed by atoms with van der Waals surface area (Å²) in [6.07, 6.45) is 2.09. The number of halogens is 1. The zero-order valence-corrected chi connectivity index (χ0v) is 20.1. The van der Waals surface area contributed by atoms with Gasteiger partial charge in [-0.15, -0.1) is 0 Å². The molecular weight excluding hydrogens is 462 g/mol. The van der Waals surface area contributed by atoms with Crippen LogP contribution in [0.5, 0.6) is 0 Å². The van der Waals surface area contributed by atoms with Gasteiger partial charge in [-0.3, -0.25) is 9.52 Å². The van der Waals surface area contributed by atoms with Crippen molar-refractivity contribution in [1.82, 2.24) is 4.90 Å². The third-order valence-electron chi connectivity index (χ3n) is 6.22. The van der Waals surface area contributed by atoms with E-state index in [9.17, 15) is 18.3 Å². The molecule has 1 saturated carbocycles. The summed E-state index contributed by atoms with van der Waals surface area (Å²) in [6.45, 7) is 2.03. The van der Waals surface area contributed by atoms with Crippen LogP contribution in [0.1, 0.15) is 24.8 Å². The summed E-state index contributed by atoms with van der Waals surface area (Å²) in [5, 5.41) is 11.0. The topological polar surface area (TPSA) is 89.9 Å². The van der Waals surface area contributed by atoms with Crippen molar-refractivity contribution < 1.29 is 18.3 Å². The molecule has 0 radical (unpaired) electrons.